The van der Waals surface area contributed by atoms with Gasteiger partial charge in [-0.3, -0.25) is 14.5 Å². The zero-order chi connectivity index (χ0) is 31.1. The first kappa shape index (κ1) is 31.3. The van der Waals surface area contributed by atoms with Crippen molar-refractivity contribution in [2.75, 3.05) is 51.9 Å². The number of primary amides is 2. The number of nitrogens with two attached hydrogens (primary N) is 2. The number of urea groups is 1. The molecule has 0 unspecified atom stereocenters. The van der Waals surface area contributed by atoms with Crippen LogP contribution in [0, 0.1) is 0 Å². The molecule has 1 aliphatic rings. The first-order chi connectivity index (χ1) is 20.5. The lowest BCUT2D eigenvalue weighted by atomic mass is 9.85. The molecule has 0 spiro atoms. The number of ether oxygens (including phenoxy) is 3. The molecule has 0 aliphatic carbocycles. The third-order valence-electron chi connectivity index (χ3n) is 7.07. The van der Waals surface area contributed by atoms with E-state index in [2.05, 4.69) is 20.7 Å². The van der Waals surface area contributed by atoms with Crippen molar-refractivity contribution in [1.29, 1.82) is 0 Å². The Labute approximate surface area is 250 Å². The SMILES string of the molecule is COc1c(NC(=O)/C(=N/NC(N)=O)c2ccc(OCCN3CCOCC3)c3ccccc23)cc(C(C)(C)C)cc1C(N)=O. The van der Waals surface area contributed by atoms with Crippen LogP contribution >= 0.6 is 0 Å². The van der Waals surface area contributed by atoms with Crippen LogP contribution in [0.2, 0.25) is 0 Å². The zero-order valence-electron chi connectivity index (χ0n) is 24.9. The number of methoxy groups -OCH3 is 1. The Kier molecular flexibility index (Phi) is 9.84. The van der Waals surface area contributed by atoms with Gasteiger partial charge in [0.05, 0.1) is 31.6 Å². The minimum Gasteiger partial charge on any atom is -0.494 e. The number of hydrogen-bond donors (Lipinski definition) is 4. The zero-order valence-corrected chi connectivity index (χ0v) is 24.9. The summed E-state index contributed by atoms with van der Waals surface area (Å²) in [7, 11) is 1.38. The number of amides is 4. The molecule has 0 radical (unpaired) electrons. The molecule has 12 heteroatoms. The van der Waals surface area contributed by atoms with Gasteiger partial charge in [-0.25, -0.2) is 10.2 Å². The van der Waals surface area contributed by atoms with Gasteiger partial charge < -0.3 is 31.0 Å². The average molecular weight is 591 g/mol. The van der Waals surface area contributed by atoms with Crippen LogP contribution in [0.4, 0.5) is 10.5 Å². The van der Waals surface area contributed by atoms with E-state index >= 15 is 0 Å². The predicted octanol–water partition coefficient (Wildman–Crippen LogP) is 2.97. The normalized spacial score (nSPS) is 14.3. The molecule has 4 amide bonds. The summed E-state index contributed by atoms with van der Waals surface area (Å²) in [6, 6.07) is 13.3. The second kappa shape index (κ2) is 13.5. The summed E-state index contributed by atoms with van der Waals surface area (Å²) in [4.78, 5) is 40.1. The topological polar surface area (TPSA) is 171 Å². The number of rotatable bonds is 10. The lowest BCUT2D eigenvalue weighted by Gasteiger charge is -2.26. The first-order valence-electron chi connectivity index (χ1n) is 13.9. The largest absolute Gasteiger partial charge is 0.494 e. The van der Waals surface area contributed by atoms with Gasteiger partial charge in [-0.05, 0) is 40.6 Å². The smallest absolute Gasteiger partial charge is 0.332 e. The van der Waals surface area contributed by atoms with Crippen molar-refractivity contribution in [3.05, 3.63) is 65.2 Å². The van der Waals surface area contributed by atoms with Crippen LogP contribution in [0.3, 0.4) is 0 Å². The quantitative estimate of drug-likeness (QED) is 0.208. The summed E-state index contributed by atoms with van der Waals surface area (Å²) in [5, 5.41) is 8.29. The Balaban J connectivity index is 1.71. The number of nitrogens with one attached hydrogen (secondary N) is 2. The van der Waals surface area contributed by atoms with E-state index in [0.717, 1.165) is 30.6 Å². The molecule has 1 heterocycles. The van der Waals surface area contributed by atoms with Crippen LogP contribution in [-0.2, 0) is 14.9 Å². The summed E-state index contributed by atoms with van der Waals surface area (Å²) in [6.45, 7) is 10.2. The third kappa shape index (κ3) is 7.59. The molecule has 43 heavy (non-hydrogen) atoms. The van der Waals surface area contributed by atoms with Gasteiger partial charge in [-0.2, -0.15) is 5.10 Å². The van der Waals surface area contributed by atoms with Gasteiger partial charge in [0.25, 0.3) is 11.8 Å². The molecule has 1 saturated heterocycles. The molecule has 3 aromatic carbocycles. The number of carbonyl (C=O) groups excluding carboxylic acids is 3. The molecular weight excluding hydrogens is 552 g/mol. The number of morpholine rings is 1. The molecule has 0 bridgehead atoms. The molecule has 6 N–H and O–H groups in total. The third-order valence-corrected chi connectivity index (χ3v) is 7.07. The van der Waals surface area contributed by atoms with Crippen molar-refractivity contribution in [2.45, 2.75) is 26.2 Å². The fourth-order valence-corrected chi connectivity index (χ4v) is 4.80. The molecule has 1 fully saturated rings. The van der Waals surface area contributed by atoms with Gasteiger partial charge in [-0.1, -0.05) is 45.0 Å². The number of anilines is 1. The molecule has 228 valence electrons. The van der Waals surface area contributed by atoms with Gasteiger partial charge in [0.2, 0.25) is 0 Å². The highest BCUT2D eigenvalue weighted by Gasteiger charge is 2.25. The maximum absolute atomic E-state index is 13.9. The minimum atomic E-state index is -0.944. The highest BCUT2D eigenvalue weighted by molar-refractivity contribution is 6.50. The summed E-state index contributed by atoms with van der Waals surface area (Å²) in [5.41, 5.74) is 14.1. The van der Waals surface area contributed by atoms with E-state index in [0.29, 0.717) is 36.5 Å². The Morgan fingerprint density at radius 3 is 2.33 bits per heavy atom. The first-order valence-corrected chi connectivity index (χ1v) is 13.9. The Bertz CT molecular complexity index is 1540. The lowest BCUT2D eigenvalue weighted by molar-refractivity contribution is -0.110. The monoisotopic (exact) mass is 590 g/mol. The number of hydrogen-bond acceptors (Lipinski definition) is 8. The van der Waals surface area contributed by atoms with Crippen molar-refractivity contribution in [2.24, 2.45) is 16.6 Å². The van der Waals surface area contributed by atoms with Crippen LogP contribution in [0.15, 0.2) is 53.6 Å². The molecular formula is C31H38N6O6. The van der Waals surface area contributed by atoms with Gasteiger partial charge >= 0.3 is 6.03 Å². The lowest BCUT2D eigenvalue weighted by Crippen LogP contribution is -2.38. The van der Waals surface area contributed by atoms with Crippen molar-refractivity contribution < 1.29 is 28.6 Å². The number of nitrogens with zero attached hydrogens (tertiary/aromatic N) is 2. The Morgan fingerprint density at radius 2 is 1.70 bits per heavy atom. The molecule has 3 aromatic rings. The van der Waals surface area contributed by atoms with Crippen LogP contribution in [0.25, 0.3) is 10.8 Å². The van der Waals surface area contributed by atoms with Crippen LogP contribution in [0.1, 0.15) is 42.3 Å². The van der Waals surface area contributed by atoms with Crippen LogP contribution < -0.4 is 31.7 Å². The highest BCUT2D eigenvalue weighted by Crippen LogP contribution is 2.36. The standard InChI is InChI=1S/C31H38N6O6/c1-31(2,3)19-17-23(28(32)38)27(41-4)24(18-19)34-29(39)26(35-36-30(33)40)22-9-10-25(21-8-6-5-7-20(21)22)43-16-13-37-11-14-42-15-12-37/h5-10,17-18H,11-16H2,1-4H3,(H2,32,38)(H,34,39)(H3,33,36,40)/b35-26+. The number of hydrazone groups is 1. The Hall–Kier alpha value is -4.68. The minimum absolute atomic E-state index is 0.102. The summed E-state index contributed by atoms with van der Waals surface area (Å²) < 4.78 is 17.0. The molecule has 0 saturated carbocycles. The van der Waals surface area contributed by atoms with Gasteiger partial charge in [-0.15, -0.1) is 0 Å². The van der Waals surface area contributed by atoms with E-state index in [1.54, 1.807) is 24.3 Å². The highest BCUT2D eigenvalue weighted by atomic mass is 16.5. The molecule has 1 aliphatic heterocycles. The number of fused-ring (bicyclic) bond motifs is 1. The second-order valence-electron chi connectivity index (χ2n) is 11.1. The average Bonchev–Trinajstić information content (AvgIpc) is 2.97. The van der Waals surface area contributed by atoms with E-state index in [1.807, 2.05) is 45.0 Å². The summed E-state index contributed by atoms with van der Waals surface area (Å²) in [5.74, 6) is -0.650. The molecule has 12 nitrogen and oxygen atoms in total. The van der Waals surface area contributed by atoms with E-state index in [9.17, 15) is 14.4 Å². The second-order valence-corrected chi connectivity index (χ2v) is 11.1. The van der Waals surface area contributed by atoms with Crippen molar-refractivity contribution in [3.63, 3.8) is 0 Å². The van der Waals surface area contributed by atoms with Crippen molar-refractivity contribution in [1.82, 2.24) is 10.3 Å². The fourth-order valence-electron chi connectivity index (χ4n) is 4.80. The maximum Gasteiger partial charge on any atom is 0.332 e. The van der Waals surface area contributed by atoms with Gasteiger partial charge in [0.1, 0.15) is 12.4 Å². The Morgan fingerprint density at radius 1 is 1.00 bits per heavy atom. The maximum atomic E-state index is 13.9. The predicted molar refractivity (Wildman–Crippen MR) is 165 cm³/mol. The van der Waals surface area contributed by atoms with Gasteiger partial charge in [0, 0.05) is 30.6 Å². The summed E-state index contributed by atoms with van der Waals surface area (Å²) in [6.07, 6.45) is 0. The van der Waals surface area contributed by atoms with Crippen molar-refractivity contribution in [3.8, 4) is 11.5 Å². The van der Waals surface area contributed by atoms with Crippen molar-refractivity contribution >= 4 is 40.0 Å². The van der Waals surface area contributed by atoms with Crippen LogP contribution in [-0.4, -0.2) is 75.0 Å². The summed E-state index contributed by atoms with van der Waals surface area (Å²) >= 11 is 0. The molecule has 0 aromatic heterocycles. The van der Waals surface area contributed by atoms with E-state index in [1.165, 1.54) is 7.11 Å². The molecule has 0 atom stereocenters. The van der Waals surface area contributed by atoms with Crippen LogP contribution in [0.5, 0.6) is 11.5 Å². The number of benzene rings is 3. The fraction of sp³-hybridized carbons (Fsp3) is 0.355. The van der Waals surface area contributed by atoms with E-state index < -0.39 is 17.8 Å². The number of carbonyl (C=O) groups is 3. The molecule has 4 rings (SSSR count). The van der Waals surface area contributed by atoms with E-state index in [4.69, 9.17) is 25.7 Å². The van der Waals surface area contributed by atoms with Gasteiger partial charge in [0.15, 0.2) is 11.5 Å². The van der Waals surface area contributed by atoms with E-state index in [-0.39, 0.29) is 28.1 Å².